The molecule has 0 bridgehead atoms. The zero-order valence-electron chi connectivity index (χ0n) is 9.83. The van der Waals surface area contributed by atoms with Gasteiger partial charge in [0.05, 0.1) is 7.11 Å². The van der Waals surface area contributed by atoms with Crippen molar-refractivity contribution in [2.75, 3.05) is 13.7 Å². The highest BCUT2D eigenvalue weighted by Gasteiger charge is 2.03. The number of allylic oxidation sites excluding steroid dienone is 2. The lowest BCUT2D eigenvalue weighted by Crippen LogP contribution is -2.01. The SMILES string of the molecule is COC(=O)/C(C)=C/C/C(=C\Cl)CCCCO. The topological polar surface area (TPSA) is 46.5 Å². The zero-order chi connectivity index (χ0) is 12.4. The van der Waals surface area contributed by atoms with Crippen LogP contribution in [-0.4, -0.2) is 24.8 Å². The van der Waals surface area contributed by atoms with Crippen LogP contribution < -0.4 is 0 Å². The van der Waals surface area contributed by atoms with E-state index in [0.29, 0.717) is 12.0 Å². The van der Waals surface area contributed by atoms with Crippen molar-refractivity contribution in [3.63, 3.8) is 0 Å². The summed E-state index contributed by atoms with van der Waals surface area (Å²) in [7, 11) is 1.36. The quantitative estimate of drug-likeness (QED) is 0.427. The minimum atomic E-state index is -0.315. The summed E-state index contributed by atoms with van der Waals surface area (Å²) in [4.78, 5) is 11.1. The molecule has 0 aromatic carbocycles. The summed E-state index contributed by atoms with van der Waals surface area (Å²) in [6, 6.07) is 0. The monoisotopic (exact) mass is 246 g/mol. The second kappa shape index (κ2) is 9.43. The van der Waals surface area contributed by atoms with E-state index in [9.17, 15) is 4.79 Å². The highest BCUT2D eigenvalue weighted by Crippen LogP contribution is 2.14. The number of carbonyl (C=O) groups is 1. The molecule has 0 aliphatic rings. The van der Waals surface area contributed by atoms with Crippen LogP contribution in [0.5, 0.6) is 0 Å². The van der Waals surface area contributed by atoms with Gasteiger partial charge in [0.1, 0.15) is 0 Å². The Labute approximate surface area is 102 Å². The molecule has 0 heterocycles. The third kappa shape index (κ3) is 6.64. The van der Waals surface area contributed by atoms with E-state index in [1.807, 2.05) is 0 Å². The fourth-order valence-corrected chi connectivity index (χ4v) is 1.39. The molecule has 0 rings (SSSR count). The van der Waals surface area contributed by atoms with Crippen molar-refractivity contribution in [2.24, 2.45) is 0 Å². The van der Waals surface area contributed by atoms with Crippen LogP contribution in [-0.2, 0) is 9.53 Å². The van der Waals surface area contributed by atoms with Gasteiger partial charge in [-0.1, -0.05) is 23.3 Å². The summed E-state index contributed by atoms with van der Waals surface area (Å²) < 4.78 is 4.58. The number of methoxy groups -OCH3 is 1. The number of halogens is 1. The maximum absolute atomic E-state index is 11.1. The molecule has 0 unspecified atom stereocenters. The molecule has 0 saturated heterocycles. The van der Waals surface area contributed by atoms with Crippen molar-refractivity contribution < 1.29 is 14.6 Å². The number of aliphatic hydroxyl groups excluding tert-OH is 1. The first-order chi connectivity index (χ1) is 7.65. The zero-order valence-corrected chi connectivity index (χ0v) is 10.6. The summed E-state index contributed by atoms with van der Waals surface area (Å²) in [6.07, 6.45) is 4.97. The lowest BCUT2D eigenvalue weighted by Gasteiger charge is -2.03. The van der Waals surface area contributed by atoms with Crippen molar-refractivity contribution in [3.8, 4) is 0 Å². The standard InChI is InChI=1S/C12H19ClO3/c1-10(12(15)16-2)6-7-11(9-13)5-3-4-8-14/h6,9,14H,3-5,7-8H2,1-2H3/b10-6+,11-9-. The fraction of sp³-hybridized carbons (Fsp3) is 0.583. The second-order valence-electron chi connectivity index (χ2n) is 3.53. The first-order valence-electron chi connectivity index (χ1n) is 5.29. The number of unbranched alkanes of at least 4 members (excludes halogenated alkanes) is 1. The van der Waals surface area contributed by atoms with Gasteiger partial charge in [-0.25, -0.2) is 4.79 Å². The second-order valence-corrected chi connectivity index (χ2v) is 3.75. The Morgan fingerprint density at radius 2 is 2.12 bits per heavy atom. The van der Waals surface area contributed by atoms with Crippen molar-refractivity contribution in [1.82, 2.24) is 0 Å². The molecule has 0 aliphatic carbocycles. The predicted octanol–water partition coefficient (Wildman–Crippen LogP) is 2.78. The highest BCUT2D eigenvalue weighted by molar-refractivity contribution is 6.25. The number of hydrogen-bond acceptors (Lipinski definition) is 3. The van der Waals surface area contributed by atoms with E-state index in [1.54, 1.807) is 18.5 Å². The average molecular weight is 247 g/mol. The summed E-state index contributed by atoms with van der Waals surface area (Å²) in [5.41, 5.74) is 3.18. The molecule has 0 atom stereocenters. The van der Waals surface area contributed by atoms with E-state index in [4.69, 9.17) is 16.7 Å². The molecule has 3 nitrogen and oxygen atoms in total. The lowest BCUT2D eigenvalue weighted by atomic mass is 10.1. The lowest BCUT2D eigenvalue weighted by molar-refractivity contribution is -0.136. The van der Waals surface area contributed by atoms with Crippen LogP contribution in [0, 0.1) is 0 Å². The normalized spacial score (nSPS) is 12.8. The van der Waals surface area contributed by atoms with Crippen molar-refractivity contribution in [3.05, 3.63) is 22.8 Å². The first-order valence-corrected chi connectivity index (χ1v) is 5.73. The summed E-state index contributed by atoms with van der Waals surface area (Å²) in [5, 5.41) is 8.65. The number of aliphatic hydroxyl groups is 1. The molecule has 1 N–H and O–H groups in total. The number of rotatable bonds is 7. The maximum atomic E-state index is 11.1. The van der Waals surface area contributed by atoms with Gasteiger partial charge in [-0.15, -0.1) is 0 Å². The minimum Gasteiger partial charge on any atom is -0.466 e. The van der Waals surface area contributed by atoms with Crippen LogP contribution in [0.25, 0.3) is 0 Å². The van der Waals surface area contributed by atoms with Gasteiger partial charge in [-0.3, -0.25) is 0 Å². The molecular weight excluding hydrogens is 228 g/mol. The number of carbonyl (C=O) groups excluding carboxylic acids is 1. The third-order valence-corrected chi connectivity index (χ3v) is 2.55. The largest absolute Gasteiger partial charge is 0.466 e. The molecule has 0 saturated carbocycles. The van der Waals surface area contributed by atoms with Gasteiger partial charge in [0.15, 0.2) is 0 Å². The Morgan fingerprint density at radius 1 is 1.44 bits per heavy atom. The van der Waals surface area contributed by atoms with E-state index < -0.39 is 0 Å². The Bertz CT molecular complexity index is 269. The van der Waals surface area contributed by atoms with Gasteiger partial charge in [-0.2, -0.15) is 0 Å². The molecular formula is C12H19ClO3. The molecule has 16 heavy (non-hydrogen) atoms. The van der Waals surface area contributed by atoms with E-state index in [0.717, 1.165) is 24.8 Å². The van der Waals surface area contributed by atoms with Crippen LogP contribution in [0.15, 0.2) is 22.8 Å². The van der Waals surface area contributed by atoms with Gasteiger partial charge in [0.25, 0.3) is 0 Å². The molecule has 0 radical (unpaired) electrons. The molecule has 0 aromatic rings. The van der Waals surface area contributed by atoms with Gasteiger partial charge in [0.2, 0.25) is 0 Å². The number of hydrogen-bond donors (Lipinski definition) is 1. The van der Waals surface area contributed by atoms with Crippen molar-refractivity contribution in [2.45, 2.75) is 32.6 Å². The Balaban J connectivity index is 4.09. The summed E-state index contributed by atoms with van der Waals surface area (Å²) in [5.74, 6) is -0.315. The molecule has 0 spiro atoms. The number of esters is 1. The molecule has 0 aromatic heterocycles. The Kier molecular flexibility index (Phi) is 8.96. The van der Waals surface area contributed by atoms with E-state index in [2.05, 4.69) is 4.74 Å². The van der Waals surface area contributed by atoms with Gasteiger partial charge in [-0.05, 0) is 32.6 Å². The smallest absolute Gasteiger partial charge is 0.333 e. The van der Waals surface area contributed by atoms with Crippen molar-refractivity contribution >= 4 is 17.6 Å². The summed E-state index contributed by atoms with van der Waals surface area (Å²) >= 11 is 5.67. The number of ether oxygens (including phenoxy) is 1. The van der Waals surface area contributed by atoms with Gasteiger partial charge >= 0.3 is 5.97 Å². The fourth-order valence-electron chi connectivity index (χ4n) is 1.19. The first kappa shape index (κ1) is 15.2. The summed E-state index contributed by atoms with van der Waals surface area (Å²) in [6.45, 7) is 1.91. The maximum Gasteiger partial charge on any atom is 0.333 e. The van der Waals surface area contributed by atoms with Crippen LogP contribution >= 0.6 is 11.6 Å². The van der Waals surface area contributed by atoms with Crippen molar-refractivity contribution in [1.29, 1.82) is 0 Å². The van der Waals surface area contributed by atoms with Crippen LogP contribution in [0.4, 0.5) is 0 Å². The van der Waals surface area contributed by atoms with Gasteiger partial charge in [0, 0.05) is 17.7 Å². The predicted molar refractivity (Wildman–Crippen MR) is 65.3 cm³/mol. The molecule has 0 fully saturated rings. The minimum absolute atomic E-state index is 0.201. The van der Waals surface area contributed by atoms with E-state index >= 15 is 0 Å². The molecule has 0 aliphatic heterocycles. The molecule has 92 valence electrons. The highest BCUT2D eigenvalue weighted by atomic mass is 35.5. The Morgan fingerprint density at radius 3 is 2.62 bits per heavy atom. The van der Waals surface area contributed by atoms with Crippen LogP contribution in [0.2, 0.25) is 0 Å². The third-order valence-electron chi connectivity index (χ3n) is 2.24. The molecule has 0 amide bonds. The Hall–Kier alpha value is -0.800. The van der Waals surface area contributed by atoms with Crippen LogP contribution in [0.3, 0.4) is 0 Å². The average Bonchev–Trinajstić information content (AvgIpc) is 2.32. The van der Waals surface area contributed by atoms with E-state index in [1.165, 1.54) is 7.11 Å². The van der Waals surface area contributed by atoms with Gasteiger partial charge < -0.3 is 9.84 Å². The molecule has 4 heteroatoms. The van der Waals surface area contributed by atoms with Crippen LogP contribution in [0.1, 0.15) is 32.6 Å². The van der Waals surface area contributed by atoms with E-state index in [-0.39, 0.29) is 12.6 Å².